The molecule has 1 aliphatic heterocycles. The van der Waals surface area contributed by atoms with Gasteiger partial charge in [0.2, 0.25) is 0 Å². The van der Waals surface area contributed by atoms with Gasteiger partial charge in [-0.1, -0.05) is 49.6 Å². The SMILES string of the molecule is N[C@@H](CN1CCCCCCC1)c1ccccc1. The molecule has 94 valence electrons. The highest BCUT2D eigenvalue weighted by molar-refractivity contribution is 5.18. The van der Waals surface area contributed by atoms with Gasteiger partial charge < -0.3 is 10.6 Å². The average Bonchev–Trinajstić information content (AvgIpc) is 2.33. The van der Waals surface area contributed by atoms with Gasteiger partial charge in [-0.3, -0.25) is 0 Å². The quantitative estimate of drug-likeness (QED) is 0.868. The summed E-state index contributed by atoms with van der Waals surface area (Å²) in [4.78, 5) is 2.54. The zero-order chi connectivity index (χ0) is 11.9. The second-order valence-corrected chi connectivity index (χ2v) is 5.09. The maximum Gasteiger partial charge on any atom is 0.0424 e. The zero-order valence-electron chi connectivity index (χ0n) is 10.6. The first-order valence-corrected chi connectivity index (χ1v) is 6.89. The third-order valence-corrected chi connectivity index (χ3v) is 3.63. The van der Waals surface area contributed by atoms with E-state index in [4.69, 9.17) is 5.73 Å². The molecule has 1 atom stereocenters. The fourth-order valence-corrected chi connectivity index (χ4v) is 2.58. The van der Waals surface area contributed by atoms with Gasteiger partial charge in [-0.2, -0.15) is 0 Å². The Bertz CT molecular complexity index is 302. The molecule has 1 saturated heterocycles. The van der Waals surface area contributed by atoms with Crippen LogP contribution in [0.4, 0.5) is 0 Å². The third-order valence-electron chi connectivity index (χ3n) is 3.63. The zero-order valence-corrected chi connectivity index (χ0v) is 10.6. The second kappa shape index (κ2) is 6.77. The Labute approximate surface area is 105 Å². The smallest absolute Gasteiger partial charge is 0.0424 e. The molecule has 1 fully saturated rings. The highest BCUT2D eigenvalue weighted by atomic mass is 15.1. The van der Waals surface area contributed by atoms with Crippen LogP contribution in [-0.2, 0) is 0 Å². The van der Waals surface area contributed by atoms with Crippen molar-refractivity contribution in [2.24, 2.45) is 5.73 Å². The number of benzene rings is 1. The highest BCUT2D eigenvalue weighted by Gasteiger charge is 2.13. The van der Waals surface area contributed by atoms with Crippen molar-refractivity contribution < 1.29 is 0 Å². The summed E-state index contributed by atoms with van der Waals surface area (Å²) in [5.41, 5.74) is 7.53. The molecule has 17 heavy (non-hydrogen) atoms. The molecule has 2 rings (SSSR count). The van der Waals surface area contributed by atoms with Gasteiger partial charge in [0.05, 0.1) is 0 Å². The van der Waals surface area contributed by atoms with E-state index in [1.165, 1.54) is 50.8 Å². The van der Waals surface area contributed by atoms with Gasteiger partial charge in [-0.25, -0.2) is 0 Å². The molecule has 1 heterocycles. The number of rotatable bonds is 3. The van der Waals surface area contributed by atoms with Crippen LogP contribution in [0, 0.1) is 0 Å². The summed E-state index contributed by atoms with van der Waals surface area (Å²) in [5.74, 6) is 0. The van der Waals surface area contributed by atoms with E-state index in [1.807, 2.05) is 6.07 Å². The van der Waals surface area contributed by atoms with E-state index in [2.05, 4.69) is 29.2 Å². The summed E-state index contributed by atoms with van der Waals surface area (Å²) in [6.07, 6.45) is 6.86. The van der Waals surface area contributed by atoms with Crippen LogP contribution in [0.25, 0.3) is 0 Å². The first-order valence-electron chi connectivity index (χ1n) is 6.89. The van der Waals surface area contributed by atoms with Crippen LogP contribution in [0.15, 0.2) is 30.3 Å². The Hall–Kier alpha value is -0.860. The summed E-state index contributed by atoms with van der Waals surface area (Å²) in [6, 6.07) is 10.6. The Morgan fingerprint density at radius 2 is 1.53 bits per heavy atom. The fraction of sp³-hybridized carbons (Fsp3) is 0.600. The van der Waals surface area contributed by atoms with Crippen molar-refractivity contribution >= 4 is 0 Å². The van der Waals surface area contributed by atoms with Crippen molar-refractivity contribution in [1.29, 1.82) is 0 Å². The average molecular weight is 232 g/mol. The Morgan fingerprint density at radius 3 is 2.18 bits per heavy atom. The predicted molar refractivity (Wildman–Crippen MR) is 72.9 cm³/mol. The molecule has 1 aromatic carbocycles. The van der Waals surface area contributed by atoms with E-state index in [-0.39, 0.29) is 6.04 Å². The van der Waals surface area contributed by atoms with E-state index in [0.717, 1.165) is 6.54 Å². The van der Waals surface area contributed by atoms with Crippen LogP contribution in [-0.4, -0.2) is 24.5 Å². The first kappa shape index (κ1) is 12.6. The molecule has 0 aliphatic carbocycles. The van der Waals surface area contributed by atoms with Gasteiger partial charge in [0, 0.05) is 12.6 Å². The molecule has 0 unspecified atom stereocenters. The van der Waals surface area contributed by atoms with Crippen LogP contribution in [0.3, 0.4) is 0 Å². The van der Waals surface area contributed by atoms with Crippen LogP contribution in [0.2, 0.25) is 0 Å². The summed E-state index contributed by atoms with van der Waals surface area (Å²) < 4.78 is 0. The summed E-state index contributed by atoms with van der Waals surface area (Å²) in [6.45, 7) is 3.45. The van der Waals surface area contributed by atoms with Crippen LogP contribution in [0.5, 0.6) is 0 Å². The normalized spacial score (nSPS) is 20.5. The summed E-state index contributed by atoms with van der Waals surface area (Å²) in [5, 5.41) is 0. The standard InChI is InChI=1S/C15H24N2/c16-15(14-9-5-4-6-10-14)13-17-11-7-2-1-3-8-12-17/h4-6,9-10,15H,1-3,7-8,11-13,16H2/t15-/m0/s1. The molecule has 0 amide bonds. The molecule has 0 radical (unpaired) electrons. The lowest BCUT2D eigenvalue weighted by molar-refractivity contribution is 0.234. The summed E-state index contributed by atoms with van der Waals surface area (Å²) in [7, 11) is 0. The third kappa shape index (κ3) is 4.14. The van der Waals surface area contributed by atoms with Gasteiger partial charge in [-0.05, 0) is 31.5 Å². The second-order valence-electron chi connectivity index (χ2n) is 5.09. The molecule has 0 spiro atoms. The van der Waals surface area contributed by atoms with Crippen molar-refractivity contribution in [3.05, 3.63) is 35.9 Å². The van der Waals surface area contributed by atoms with Gasteiger partial charge in [0.1, 0.15) is 0 Å². The summed E-state index contributed by atoms with van der Waals surface area (Å²) >= 11 is 0. The van der Waals surface area contributed by atoms with E-state index < -0.39 is 0 Å². The maximum absolute atomic E-state index is 6.27. The fourth-order valence-electron chi connectivity index (χ4n) is 2.58. The molecule has 1 aliphatic rings. The molecule has 2 nitrogen and oxygen atoms in total. The number of hydrogen-bond donors (Lipinski definition) is 1. The van der Waals surface area contributed by atoms with Crippen LogP contribution in [0.1, 0.15) is 43.7 Å². The molecule has 0 bridgehead atoms. The predicted octanol–water partition coefficient (Wildman–Crippen LogP) is 2.95. The maximum atomic E-state index is 6.27. The van der Waals surface area contributed by atoms with Crippen molar-refractivity contribution in [3.63, 3.8) is 0 Å². The molecule has 2 N–H and O–H groups in total. The minimum atomic E-state index is 0.163. The minimum Gasteiger partial charge on any atom is -0.323 e. The van der Waals surface area contributed by atoms with Crippen molar-refractivity contribution in [2.75, 3.05) is 19.6 Å². The lowest BCUT2D eigenvalue weighted by Gasteiger charge is -2.27. The lowest BCUT2D eigenvalue weighted by atomic mass is 10.1. The number of hydrogen-bond acceptors (Lipinski definition) is 2. The Morgan fingerprint density at radius 1 is 0.941 bits per heavy atom. The van der Waals surface area contributed by atoms with Crippen LogP contribution >= 0.6 is 0 Å². The van der Waals surface area contributed by atoms with Crippen molar-refractivity contribution in [3.8, 4) is 0 Å². The molecular formula is C15H24N2. The van der Waals surface area contributed by atoms with Gasteiger partial charge in [0.15, 0.2) is 0 Å². The van der Waals surface area contributed by atoms with E-state index >= 15 is 0 Å². The van der Waals surface area contributed by atoms with Gasteiger partial charge in [0.25, 0.3) is 0 Å². The minimum absolute atomic E-state index is 0.163. The molecule has 1 aromatic rings. The number of likely N-dealkylation sites (tertiary alicyclic amines) is 1. The van der Waals surface area contributed by atoms with E-state index in [1.54, 1.807) is 0 Å². The van der Waals surface area contributed by atoms with Gasteiger partial charge >= 0.3 is 0 Å². The molecule has 0 saturated carbocycles. The lowest BCUT2D eigenvalue weighted by Crippen LogP contribution is -2.34. The Balaban J connectivity index is 1.86. The number of nitrogens with zero attached hydrogens (tertiary/aromatic N) is 1. The first-order chi connectivity index (χ1) is 8.36. The monoisotopic (exact) mass is 232 g/mol. The van der Waals surface area contributed by atoms with Crippen molar-refractivity contribution in [1.82, 2.24) is 4.90 Å². The van der Waals surface area contributed by atoms with Crippen LogP contribution < -0.4 is 5.73 Å². The van der Waals surface area contributed by atoms with Crippen molar-refractivity contribution in [2.45, 2.75) is 38.1 Å². The molecular weight excluding hydrogens is 208 g/mol. The largest absolute Gasteiger partial charge is 0.323 e. The van der Waals surface area contributed by atoms with E-state index in [0.29, 0.717) is 0 Å². The Kier molecular flexibility index (Phi) is 5.02. The van der Waals surface area contributed by atoms with Gasteiger partial charge in [-0.15, -0.1) is 0 Å². The highest BCUT2D eigenvalue weighted by Crippen LogP contribution is 2.15. The molecule has 0 aromatic heterocycles. The van der Waals surface area contributed by atoms with E-state index in [9.17, 15) is 0 Å². The number of nitrogens with two attached hydrogens (primary N) is 1. The molecule has 2 heteroatoms. The topological polar surface area (TPSA) is 29.3 Å².